The number of hydrogen-bond acceptors (Lipinski definition) is 4. The molecule has 2 N–H and O–H groups in total. The molecule has 11 heteroatoms. The fraction of sp³-hybridized carbons (Fsp3) is 0.333. The molecule has 0 aliphatic carbocycles. The highest BCUT2D eigenvalue weighted by atomic mass is 35.5. The second-order valence-corrected chi connectivity index (χ2v) is 4.88. The van der Waals surface area contributed by atoms with Gasteiger partial charge in [0, 0.05) is 18.5 Å². The Bertz CT molecular complexity index is 636. The Hall–Kier alpha value is -2.36. The Morgan fingerprint density at radius 1 is 1.39 bits per heavy atom. The van der Waals surface area contributed by atoms with Crippen LogP contribution in [0.25, 0.3) is 0 Å². The zero-order valence-corrected chi connectivity index (χ0v) is 12.0. The minimum Gasteiger partial charge on any atom is -0.481 e. The molecule has 23 heavy (non-hydrogen) atoms. The molecule has 1 aromatic rings. The lowest BCUT2D eigenvalue weighted by molar-refractivity contribution is -0.384. The van der Waals surface area contributed by atoms with Crippen LogP contribution in [0.5, 0.6) is 0 Å². The molecule has 0 aliphatic rings. The van der Waals surface area contributed by atoms with E-state index in [9.17, 15) is 32.9 Å². The minimum absolute atomic E-state index is 0.0750. The molecular formula is C12H10ClF3N2O5. The topological polar surface area (TPSA) is 110 Å². The molecule has 7 nitrogen and oxygen atoms in total. The third-order valence-electron chi connectivity index (χ3n) is 2.83. The number of aliphatic carboxylic acids is 1. The van der Waals surface area contributed by atoms with Gasteiger partial charge in [-0.05, 0) is 11.6 Å². The van der Waals surface area contributed by atoms with Crippen LogP contribution in [0.4, 0.5) is 18.9 Å². The van der Waals surface area contributed by atoms with Gasteiger partial charge in [0.05, 0.1) is 11.3 Å². The predicted octanol–water partition coefficient (Wildman–Crippen LogP) is 2.49. The predicted molar refractivity (Wildman–Crippen MR) is 72.2 cm³/mol. The molecule has 0 spiro atoms. The van der Waals surface area contributed by atoms with E-state index in [1.807, 2.05) is 0 Å². The molecule has 1 rings (SSSR count). The Balaban J connectivity index is 3.03. The first-order valence-corrected chi connectivity index (χ1v) is 6.40. The molecule has 0 aromatic heterocycles. The smallest absolute Gasteiger partial charge is 0.471 e. The van der Waals surface area contributed by atoms with Crippen LogP contribution in [-0.4, -0.2) is 34.6 Å². The summed E-state index contributed by atoms with van der Waals surface area (Å²) < 4.78 is 36.5. The zero-order valence-electron chi connectivity index (χ0n) is 11.3. The van der Waals surface area contributed by atoms with Gasteiger partial charge in [0.25, 0.3) is 5.69 Å². The summed E-state index contributed by atoms with van der Waals surface area (Å²) in [6.07, 6.45) is -5.74. The standard InChI is InChI=1S/C12H10ClF3N2O5/c13-8-2-1-6(3-9(8)18(22)23)7(4-10(19)20)5-17-11(21)12(14,15)16/h1-3,7H,4-5H2,(H,17,21)(H,19,20)/t7-/m0/s1. The number of alkyl halides is 3. The first kappa shape index (κ1) is 18.7. The third-order valence-corrected chi connectivity index (χ3v) is 3.15. The van der Waals surface area contributed by atoms with Crippen LogP contribution in [0.2, 0.25) is 5.02 Å². The summed E-state index contributed by atoms with van der Waals surface area (Å²) in [5.41, 5.74) is -0.437. The number of nitro groups is 1. The van der Waals surface area contributed by atoms with E-state index in [0.717, 1.165) is 12.1 Å². The number of carboxylic acid groups (broad SMARTS) is 1. The van der Waals surface area contributed by atoms with Crippen LogP contribution in [-0.2, 0) is 9.59 Å². The number of hydrogen-bond donors (Lipinski definition) is 2. The van der Waals surface area contributed by atoms with Gasteiger partial charge in [-0.2, -0.15) is 13.2 Å². The van der Waals surface area contributed by atoms with Crippen molar-refractivity contribution in [3.05, 3.63) is 38.9 Å². The van der Waals surface area contributed by atoms with Crippen LogP contribution in [0, 0.1) is 10.1 Å². The zero-order chi connectivity index (χ0) is 17.8. The molecule has 1 amide bonds. The average molecular weight is 355 g/mol. The van der Waals surface area contributed by atoms with Crippen molar-refractivity contribution in [1.29, 1.82) is 0 Å². The van der Waals surface area contributed by atoms with Crippen molar-refractivity contribution in [3.8, 4) is 0 Å². The van der Waals surface area contributed by atoms with E-state index in [2.05, 4.69) is 0 Å². The number of carbonyl (C=O) groups excluding carboxylic acids is 1. The fourth-order valence-electron chi connectivity index (χ4n) is 1.76. The molecule has 0 bridgehead atoms. The van der Waals surface area contributed by atoms with Gasteiger partial charge in [0.2, 0.25) is 0 Å². The van der Waals surface area contributed by atoms with Crippen molar-refractivity contribution >= 4 is 29.2 Å². The number of benzene rings is 1. The first-order chi connectivity index (χ1) is 10.5. The lowest BCUT2D eigenvalue weighted by Crippen LogP contribution is -2.39. The van der Waals surface area contributed by atoms with Gasteiger partial charge in [0.15, 0.2) is 0 Å². The number of carbonyl (C=O) groups is 2. The van der Waals surface area contributed by atoms with Crippen molar-refractivity contribution in [2.45, 2.75) is 18.5 Å². The lowest BCUT2D eigenvalue weighted by atomic mass is 9.95. The maximum atomic E-state index is 12.2. The van der Waals surface area contributed by atoms with E-state index in [0.29, 0.717) is 0 Å². The van der Waals surface area contributed by atoms with Crippen molar-refractivity contribution in [1.82, 2.24) is 5.32 Å². The highest BCUT2D eigenvalue weighted by molar-refractivity contribution is 6.32. The highest BCUT2D eigenvalue weighted by Gasteiger charge is 2.38. The SMILES string of the molecule is O=C(O)C[C@@H](CNC(=O)C(F)(F)F)c1ccc(Cl)c([N+](=O)[O-])c1. The number of rotatable bonds is 6. The van der Waals surface area contributed by atoms with Crippen LogP contribution in [0.1, 0.15) is 17.9 Å². The molecule has 0 saturated heterocycles. The molecule has 126 valence electrons. The molecule has 0 radical (unpaired) electrons. The Labute approximate surface area is 132 Å². The van der Waals surface area contributed by atoms with Crippen molar-refractivity contribution in [2.75, 3.05) is 6.54 Å². The molecule has 0 unspecified atom stereocenters. The molecule has 0 heterocycles. The Morgan fingerprint density at radius 3 is 2.48 bits per heavy atom. The molecule has 0 saturated carbocycles. The Kier molecular flexibility index (Phi) is 5.91. The summed E-state index contributed by atoms with van der Waals surface area (Å²) in [6, 6.07) is 3.35. The van der Waals surface area contributed by atoms with Gasteiger partial charge >= 0.3 is 18.1 Å². The molecular weight excluding hydrogens is 345 g/mol. The van der Waals surface area contributed by atoms with E-state index in [1.54, 1.807) is 5.32 Å². The normalized spacial score (nSPS) is 12.5. The summed E-state index contributed by atoms with van der Waals surface area (Å²) in [4.78, 5) is 31.6. The van der Waals surface area contributed by atoms with Crippen molar-refractivity contribution in [2.24, 2.45) is 0 Å². The summed E-state index contributed by atoms with van der Waals surface area (Å²) in [5.74, 6) is -4.65. The third kappa shape index (κ3) is 5.40. The lowest BCUT2D eigenvalue weighted by Gasteiger charge is -2.17. The highest BCUT2D eigenvalue weighted by Crippen LogP contribution is 2.30. The monoisotopic (exact) mass is 354 g/mol. The minimum atomic E-state index is -5.11. The van der Waals surface area contributed by atoms with Gasteiger partial charge in [-0.25, -0.2) is 0 Å². The van der Waals surface area contributed by atoms with Crippen LogP contribution in [0.3, 0.4) is 0 Å². The summed E-state index contributed by atoms with van der Waals surface area (Å²) >= 11 is 5.61. The van der Waals surface area contributed by atoms with E-state index >= 15 is 0 Å². The van der Waals surface area contributed by atoms with Crippen molar-refractivity contribution < 1.29 is 32.8 Å². The number of carboxylic acids is 1. The fourth-order valence-corrected chi connectivity index (χ4v) is 1.94. The van der Waals surface area contributed by atoms with Crippen LogP contribution >= 0.6 is 11.6 Å². The summed E-state index contributed by atoms with van der Waals surface area (Å²) in [6.45, 7) is -0.649. The maximum Gasteiger partial charge on any atom is 0.471 e. The second kappa shape index (κ2) is 7.27. The van der Waals surface area contributed by atoms with E-state index in [1.165, 1.54) is 6.07 Å². The Morgan fingerprint density at radius 2 is 2.00 bits per heavy atom. The second-order valence-electron chi connectivity index (χ2n) is 4.47. The largest absolute Gasteiger partial charge is 0.481 e. The van der Waals surface area contributed by atoms with E-state index in [-0.39, 0.29) is 10.6 Å². The summed E-state index contributed by atoms with van der Waals surface area (Å²) in [7, 11) is 0. The number of nitro benzene ring substituents is 1. The van der Waals surface area contributed by atoms with Gasteiger partial charge in [-0.3, -0.25) is 19.7 Å². The number of nitrogens with zero attached hydrogens (tertiary/aromatic N) is 1. The number of nitrogens with one attached hydrogen (secondary N) is 1. The number of amides is 1. The number of halogens is 4. The average Bonchev–Trinajstić information content (AvgIpc) is 2.41. The van der Waals surface area contributed by atoms with E-state index < -0.39 is 47.5 Å². The quantitative estimate of drug-likeness (QED) is 0.602. The molecule has 0 aliphatic heterocycles. The molecule has 1 atom stereocenters. The van der Waals surface area contributed by atoms with Crippen LogP contribution in [0.15, 0.2) is 18.2 Å². The molecule has 0 fully saturated rings. The summed E-state index contributed by atoms with van der Waals surface area (Å²) in [5, 5.41) is 21.0. The molecule has 1 aromatic carbocycles. The van der Waals surface area contributed by atoms with Gasteiger partial charge in [0.1, 0.15) is 5.02 Å². The first-order valence-electron chi connectivity index (χ1n) is 6.03. The van der Waals surface area contributed by atoms with E-state index in [4.69, 9.17) is 16.7 Å². The van der Waals surface area contributed by atoms with Crippen LogP contribution < -0.4 is 5.32 Å². The maximum absolute atomic E-state index is 12.2. The van der Waals surface area contributed by atoms with Gasteiger partial charge in [-0.1, -0.05) is 17.7 Å². The van der Waals surface area contributed by atoms with Crippen molar-refractivity contribution in [3.63, 3.8) is 0 Å². The van der Waals surface area contributed by atoms with Gasteiger partial charge in [-0.15, -0.1) is 0 Å². The van der Waals surface area contributed by atoms with Gasteiger partial charge < -0.3 is 10.4 Å².